The molecule has 1 aliphatic rings. The van der Waals surface area contributed by atoms with E-state index in [1.54, 1.807) is 11.8 Å². The SMILES string of the molecule is CSCCC(=O)NC1(CO)CCC1. The zero-order valence-electron chi connectivity index (χ0n) is 8.01. The van der Waals surface area contributed by atoms with Crippen molar-refractivity contribution in [2.24, 2.45) is 0 Å². The second kappa shape index (κ2) is 4.86. The van der Waals surface area contributed by atoms with Crippen LogP contribution in [0, 0.1) is 0 Å². The Morgan fingerprint density at radius 3 is 2.69 bits per heavy atom. The molecule has 1 amide bonds. The van der Waals surface area contributed by atoms with Gasteiger partial charge < -0.3 is 10.4 Å². The van der Waals surface area contributed by atoms with E-state index in [2.05, 4.69) is 5.32 Å². The van der Waals surface area contributed by atoms with E-state index >= 15 is 0 Å². The van der Waals surface area contributed by atoms with E-state index in [0.717, 1.165) is 25.0 Å². The molecule has 0 unspecified atom stereocenters. The second-order valence-electron chi connectivity index (χ2n) is 3.58. The van der Waals surface area contributed by atoms with Crippen LogP contribution in [0.4, 0.5) is 0 Å². The Morgan fingerprint density at radius 1 is 1.62 bits per heavy atom. The molecule has 0 aromatic carbocycles. The smallest absolute Gasteiger partial charge is 0.221 e. The fourth-order valence-electron chi connectivity index (χ4n) is 1.48. The Labute approximate surface area is 83.3 Å². The third-order valence-corrected chi connectivity index (χ3v) is 3.16. The molecule has 0 bridgehead atoms. The number of aliphatic hydroxyl groups excluding tert-OH is 1. The molecular formula is C9H17NO2S. The summed E-state index contributed by atoms with van der Waals surface area (Å²) in [4.78, 5) is 11.3. The summed E-state index contributed by atoms with van der Waals surface area (Å²) >= 11 is 1.67. The van der Waals surface area contributed by atoms with E-state index in [4.69, 9.17) is 5.11 Å². The summed E-state index contributed by atoms with van der Waals surface area (Å²) in [6, 6.07) is 0. The van der Waals surface area contributed by atoms with Gasteiger partial charge in [-0.1, -0.05) is 0 Å². The summed E-state index contributed by atoms with van der Waals surface area (Å²) in [5.41, 5.74) is -0.268. The van der Waals surface area contributed by atoms with Crippen LogP contribution in [0.1, 0.15) is 25.7 Å². The van der Waals surface area contributed by atoms with Crippen molar-refractivity contribution in [3.63, 3.8) is 0 Å². The van der Waals surface area contributed by atoms with Crippen LogP contribution in [-0.2, 0) is 4.79 Å². The predicted molar refractivity (Wildman–Crippen MR) is 54.8 cm³/mol. The fraction of sp³-hybridized carbons (Fsp3) is 0.889. The summed E-state index contributed by atoms with van der Waals surface area (Å²) in [5.74, 6) is 0.927. The van der Waals surface area contributed by atoms with Gasteiger partial charge in [0.15, 0.2) is 0 Å². The van der Waals surface area contributed by atoms with Crippen LogP contribution in [0.5, 0.6) is 0 Å². The van der Waals surface area contributed by atoms with E-state index in [-0.39, 0.29) is 18.1 Å². The first-order valence-corrected chi connectivity index (χ1v) is 6.03. The van der Waals surface area contributed by atoms with Crippen molar-refractivity contribution in [3.05, 3.63) is 0 Å². The third kappa shape index (κ3) is 2.88. The number of amides is 1. The standard InChI is InChI=1S/C9H17NO2S/c1-13-6-3-8(12)10-9(7-11)4-2-5-9/h11H,2-7H2,1H3,(H,10,12). The zero-order chi connectivity index (χ0) is 9.73. The predicted octanol–water partition coefficient (Wildman–Crippen LogP) is 0.771. The van der Waals surface area contributed by atoms with E-state index in [1.807, 2.05) is 6.26 Å². The Hall–Kier alpha value is -0.220. The van der Waals surface area contributed by atoms with Crippen LogP contribution < -0.4 is 5.32 Å². The van der Waals surface area contributed by atoms with E-state index in [0.29, 0.717) is 6.42 Å². The number of carbonyl (C=O) groups excluding carboxylic acids is 1. The highest BCUT2D eigenvalue weighted by Crippen LogP contribution is 2.31. The molecule has 1 saturated carbocycles. The maximum absolute atomic E-state index is 11.3. The van der Waals surface area contributed by atoms with Crippen molar-refractivity contribution in [2.75, 3.05) is 18.6 Å². The zero-order valence-corrected chi connectivity index (χ0v) is 8.82. The van der Waals surface area contributed by atoms with Gasteiger partial charge in [0.25, 0.3) is 0 Å². The number of carbonyl (C=O) groups is 1. The number of rotatable bonds is 5. The van der Waals surface area contributed by atoms with Crippen molar-refractivity contribution in [2.45, 2.75) is 31.2 Å². The molecular weight excluding hydrogens is 186 g/mol. The van der Waals surface area contributed by atoms with Crippen molar-refractivity contribution >= 4 is 17.7 Å². The van der Waals surface area contributed by atoms with Crippen LogP contribution in [0.25, 0.3) is 0 Å². The Balaban J connectivity index is 2.25. The highest BCUT2D eigenvalue weighted by atomic mass is 32.2. The van der Waals surface area contributed by atoms with Crippen LogP contribution >= 0.6 is 11.8 Å². The molecule has 0 atom stereocenters. The molecule has 4 heteroatoms. The molecule has 1 rings (SSSR count). The lowest BCUT2D eigenvalue weighted by molar-refractivity contribution is -0.124. The lowest BCUT2D eigenvalue weighted by Crippen LogP contribution is -2.56. The van der Waals surface area contributed by atoms with Gasteiger partial charge in [0.05, 0.1) is 12.1 Å². The fourth-order valence-corrected chi connectivity index (χ4v) is 1.87. The molecule has 76 valence electrons. The van der Waals surface area contributed by atoms with Gasteiger partial charge in [-0.25, -0.2) is 0 Å². The first-order valence-electron chi connectivity index (χ1n) is 4.63. The van der Waals surface area contributed by atoms with Gasteiger partial charge >= 0.3 is 0 Å². The molecule has 0 aliphatic heterocycles. The van der Waals surface area contributed by atoms with Gasteiger partial charge in [0, 0.05) is 12.2 Å². The van der Waals surface area contributed by atoms with E-state index in [1.165, 1.54) is 0 Å². The van der Waals surface area contributed by atoms with Gasteiger partial charge in [0.2, 0.25) is 5.91 Å². The van der Waals surface area contributed by atoms with Crippen molar-refractivity contribution in [1.29, 1.82) is 0 Å². The molecule has 0 radical (unpaired) electrons. The summed E-state index contributed by atoms with van der Waals surface area (Å²) < 4.78 is 0. The summed E-state index contributed by atoms with van der Waals surface area (Å²) in [7, 11) is 0. The first kappa shape index (κ1) is 10.9. The van der Waals surface area contributed by atoms with E-state index < -0.39 is 0 Å². The van der Waals surface area contributed by atoms with Crippen molar-refractivity contribution in [3.8, 4) is 0 Å². The molecule has 1 fully saturated rings. The third-order valence-electron chi connectivity index (χ3n) is 2.55. The van der Waals surface area contributed by atoms with E-state index in [9.17, 15) is 4.79 Å². The molecule has 0 aromatic rings. The van der Waals surface area contributed by atoms with Crippen LogP contribution in [0.15, 0.2) is 0 Å². The molecule has 3 nitrogen and oxygen atoms in total. The van der Waals surface area contributed by atoms with Crippen LogP contribution in [0.3, 0.4) is 0 Å². The van der Waals surface area contributed by atoms with Gasteiger partial charge in [-0.05, 0) is 25.5 Å². The minimum atomic E-state index is -0.268. The number of nitrogens with one attached hydrogen (secondary N) is 1. The number of thioether (sulfide) groups is 1. The molecule has 1 aliphatic carbocycles. The highest BCUT2D eigenvalue weighted by Gasteiger charge is 2.37. The maximum atomic E-state index is 11.3. The largest absolute Gasteiger partial charge is 0.394 e. The van der Waals surface area contributed by atoms with Crippen molar-refractivity contribution in [1.82, 2.24) is 5.32 Å². The van der Waals surface area contributed by atoms with Gasteiger partial charge in [-0.15, -0.1) is 0 Å². The first-order chi connectivity index (χ1) is 6.22. The molecule has 13 heavy (non-hydrogen) atoms. The monoisotopic (exact) mass is 203 g/mol. The van der Waals surface area contributed by atoms with Crippen LogP contribution in [0.2, 0.25) is 0 Å². The van der Waals surface area contributed by atoms with Crippen LogP contribution in [-0.4, -0.2) is 35.2 Å². The average Bonchev–Trinajstić information content (AvgIpc) is 2.08. The molecule has 0 aromatic heterocycles. The van der Waals surface area contributed by atoms with Gasteiger partial charge in [0.1, 0.15) is 0 Å². The maximum Gasteiger partial charge on any atom is 0.221 e. The summed E-state index contributed by atoms with van der Waals surface area (Å²) in [6.45, 7) is 0.0814. The highest BCUT2D eigenvalue weighted by molar-refractivity contribution is 7.98. The van der Waals surface area contributed by atoms with Gasteiger partial charge in [-0.2, -0.15) is 11.8 Å². The quantitative estimate of drug-likeness (QED) is 0.694. The Morgan fingerprint density at radius 2 is 2.31 bits per heavy atom. The Bertz CT molecular complexity index is 175. The lowest BCUT2D eigenvalue weighted by atomic mass is 9.77. The summed E-state index contributed by atoms with van der Waals surface area (Å²) in [5, 5.41) is 12.0. The minimum Gasteiger partial charge on any atom is -0.394 e. The molecule has 2 N–H and O–H groups in total. The summed E-state index contributed by atoms with van der Waals surface area (Å²) in [6.07, 6.45) is 5.51. The molecule has 0 heterocycles. The molecule has 0 spiro atoms. The second-order valence-corrected chi connectivity index (χ2v) is 4.57. The molecule has 0 saturated heterocycles. The number of aliphatic hydroxyl groups is 1. The number of hydrogen-bond donors (Lipinski definition) is 2. The average molecular weight is 203 g/mol. The van der Waals surface area contributed by atoms with Crippen molar-refractivity contribution < 1.29 is 9.90 Å². The Kier molecular flexibility index (Phi) is 4.06. The normalized spacial score (nSPS) is 19.2. The topological polar surface area (TPSA) is 49.3 Å². The number of hydrogen-bond acceptors (Lipinski definition) is 3. The minimum absolute atomic E-state index is 0.0723. The van der Waals surface area contributed by atoms with Gasteiger partial charge in [-0.3, -0.25) is 4.79 Å². The lowest BCUT2D eigenvalue weighted by Gasteiger charge is -2.40.